The van der Waals surface area contributed by atoms with Crippen molar-refractivity contribution in [2.75, 3.05) is 6.54 Å². The molecule has 0 spiro atoms. The van der Waals surface area contributed by atoms with Crippen LogP contribution in [0.4, 0.5) is 4.39 Å². The van der Waals surface area contributed by atoms with Crippen LogP contribution in [0.15, 0.2) is 41.0 Å². The van der Waals surface area contributed by atoms with Crippen molar-refractivity contribution in [1.82, 2.24) is 10.3 Å². The largest absolute Gasteiger partial charge is 0.305 e. The maximum absolute atomic E-state index is 13.4. The maximum Gasteiger partial charge on any atom is 0.126 e. The van der Waals surface area contributed by atoms with Crippen molar-refractivity contribution in [1.29, 1.82) is 0 Å². The molecular formula is C16H18BrFN2. The molecule has 1 N–H and O–H groups in total. The van der Waals surface area contributed by atoms with E-state index in [1.54, 1.807) is 13.1 Å². The fraction of sp³-hybridized carbons (Fsp3) is 0.312. The summed E-state index contributed by atoms with van der Waals surface area (Å²) < 4.78 is 14.4. The Bertz CT molecular complexity index is 569. The van der Waals surface area contributed by atoms with Crippen LogP contribution in [0.5, 0.6) is 0 Å². The summed E-state index contributed by atoms with van der Waals surface area (Å²) in [6, 6.07) is 9.16. The number of nitrogens with one attached hydrogen (secondary N) is 1. The van der Waals surface area contributed by atoms with Gasteiger partial charge < -0.3 is 5.32 Å². The number of aromatic nitrogens is 1. The lowest BCUT2D eigenvalue weighted by atomic mass is 10.0. The lowest BCUT2D eigenvalue weighted by Gasteiger charge is -2.19. The quantitative estimate of drug-likeness (QED) is 0.876. The zero-order valence-electron chi connectivity index (χ0n) is 11.7. The average molecular weight is 337 g/mol. The van der Waals surface area contributed by atoms with Gasteiger partial charge in [-0.15, -0.1) is 0 Å². The molecule has 1 unspecified atom stereocenters. The second-order valence-electron chi connectivity index (χ2n) is 4.80. The maximum atomic E-state index is 13.4. The van der Waals surface area contributed by atoms with E-state index in [-0.39, 0.29) is 11.9 Å². The molecule has 0 amide bonds. The molecule has 0 aliphatic carbocycles. The Morgan fingerprint density at radius 2 is 2.10 bits per heavy atom. The highest BCUT2D eigenvalue weighted by atomic mass is 79.9. The number of rotatable bonds is 5. The Morgan fingerprint density at radius 3 is 2.70 bits per heavy atom. The molecule has 2 rings (SSSR count). The highest BCUT2D eigenvalue weighted by Crippen LogP contribution is 2.23. The molecule has 1 heterocycles. The molecule has 1 atom stereocenters. The fourth-order valence-electron chi connectivity index (χ4n) is 2.09. The molecule has 2 aromatic rings. The Kier molecular flexibility index (Phi) is 5.26. The third kappa shape index (κ3) is 3.64. The number of halogens is 2. The van der Waals surface area contributed by atoms with Gasteiger partial charge in [0.1, 0.15) is 5.82 Å². The zero-order valence-corrected chi connectivity index (χ0v) is 13.2. The van der Waals surface area contributed by atoms with E-state index < -0.39 is 0 Å². The molecule has 0 saturated heterocycles. The SMILES string of the molecule is CCCNC(c1ccc(F)c(C)c1)c1ccc(Br)cn1. The van der Waals surface area contributed by atoms with Gasteiger partial charge in [0.2, 0.25) is 0 Å². The lowest BCUT2D eigenvalue weighted by molar-refractivity contribution is 0.580. The third-order valence-corrected chi connectivity index (χ3v) is 3.63. The first kappa shape index (κ1) is 15.1. The number of hydrogen-bond acceptors (Lipinski definition) is 2. The molecule has 1 aromatic heterocycles. The standard InChI is InChI=1S/C16H18BrFN2/c1-3-8-19-16(15-7-5-13(17)10-20-15)12-4-6-14(18)11(2)9-12/h4-7,9-10,16,19H,3,8H2,1-2H3. The van der Waals surface area contributed by atoms with Crippen LogP contribution in [0, 0.1) is 12.7 Å². The van der Waals surface area contributed by atoms with Crippen molar-refractivity contribution < 1.29 is 4.39 Å². The molecular weight excluding hydrogens is 319 g/mol. The Morgan fingerprint density at radius 1 is 1.30 bits per heavy atom. The number of nitrogens with zero attached hydrogens (tertiary/aromatic N) is 1. The summed E-state index contributed by atoms with van der Waals surface area (Å²) in [6.45, 7) is 4.79. The summed E-state index contributed by atoms with van der Waals surface area (Å²) in [6.07, 6.45) is 2.82. The molecule has 0 aliphatic rings. The normalized spacial score (nSPS) is 12.4. The topological polar surface area (TPSA) is 24.9 Å². The summed E-state index contributed by atoms with van der Waals surface area (Å²) in [4.78, 5) is 4.46. The molecule has 0 aliphatic heterocycles. The molecule has 0 fully saturated rings. The summed E-state index contributed by atoms with van der Waals surface area (Å²) >= 11 is 3.39. The average Bonchev–Trinajstić information content (AvgIpc) is 2.45. The van der Waals surface area contributed by atoms with Gasteiger partial charge in [0.15, 0.2) is 0 Å². The van der Waals surface area contributed by atoms with Crippen LogP contribution in [0.25, 0.3) is 0 Å². The Balaban J connectivity index is 2.35. The van der Waals surface area contributed by atoms with Crippen molar-refractivity contribution in [3.8, 4) is 0 Å². The van der Waals surface area contributed by atoms with Crippen LogP contribution >= 0.6 is 15.9 Å². The van der Waals surface area contributed by atoms with Crippen molar-refractivity contribution in [3.05, 3.63) is 63.6 Å². The molecule has 2 nitrogen and oxygen atoms in total. The van der Waals surface area contributed by atoms with Crippen LogP contribution in [-0.4, -0.2) is 11.5 Å². The first-order valence-corrected chi connectivity index (χ1v) is 7.52. The first-order chi connectivity index (χ1) is 9.61. The Labute approximate surface area is 127 Å². The number of benzene rings is 1. The molecule has 1 aromatic carbocycles. The van der Waals surface area contributed by atoms with Crippen molar-refractivity contribution in [2.24, 2.45) is 0 Å². The third-order valence-electron chi connectivity index (χ3n) is 3.16. The number of hydrogen-bond donors (Lipinski definition) is 1. The van der Waals surface area contributed by atoms with Gasteiger partial charge in [-0.05, 0) is 65.1 Å². The van der Waals surface area contributed by atoms with Gasteiger partial charge in [-0.2, -0.15) is 0 Å². The van der Waals surface area contributed by atoms with Gasteiger partial charge in [0.05, 0.1) is 11.7 Å². The highest BCUT2D eigenvalue weighted by molar-refractivity contribution is 9.10. The molecule has 0 radical (unpaired) electrons. The van der Waals surface area contributed by atoms with E-state index in [1.807, 2.05) is 24.3 Å². The van der Waals surface area contributed by atoms with Crippen LogP contribution in [-0.2, 0) is 0 Å². The van der Waals surface area contributed by atoms with Crippen LogP contribution in [0.2, 0.25) is 0 Å². The minimum Gasteiger partial charge on any atom is -0.305 e. The molecule has 106 valence electrons. The van der Waals surface area contributed by atoms with Crippen molar-refractivity contribution in [2.45, 2.75) is 26.3 Å². The van der Waals surface area contributed by atoms with E-state index in [1.165, 1.54) is 6.07 Å². The lowest BCUT2D eigenvalue weighted by Crippen LogP contribution is -2.24. The number of pyridine rings is 1. The second-order valence-corrected chi connectivity index (χ2v) is 5.71. The van der Waals surface area contributed by atoms with Crippen molar-refractivity contribution >= 4 is 15.9 Å². The van der Waals surface area contributed by atoms with Gasteiger partial charge in [0, 0.05) is 10.7 Å². The van der Waals surface area contributed by atoms with Crippen LogP contribution in [0.3, 0.4) is 0 Å². The summed E-state index contributed by atoms with van der Waals surface area (Å²) in [5.74, 6) is -0.174. The minimum absolute atomic E-state index is 0.0117. The molecule has 20 heavy (non-hydrogen) atoms. The van der Waals surface area contributed by atoms with Gasteiger partial charge in [-0.25, -0.2) is 4.39 Å². The van der Waals surface area contributed by atoms with Gasteiger partial charge in [-0.3, -0.25) is 4.98 Å². The first-order valence-electron chi connectivity index (χ1n) is 6.72. The van der Waals surface area contributed by atoms with E-state index in [0.29, 0.717) is 5.56 Å². The van der Waals surface area contributed by atoms with E-state index in [0.717, 1.165) is 28.7 Å². The van der Waals surface area contributed by atoms with E-state index in [4.69, 9.17) is 0 Å². The monoisotopic (exact) mass is 336 g/mol. The van der Waals surface area contributed by atoms with E-state index in [9.17, 15) is 4.39 Å². The summed E-state index contributed by atoms with van der Waals surface area (Å²) in [5, 5.41) is 3.47. The van der Waals surface area contributed by atoms with E-state index >= 15 is 0 Å². The van der Waals surface area contributed by atoms with Crippen LogP contribution in [0.1, 0.15) is 36.2 Å². The minimum atomic E-state index is -0.174. The van der Waals surface area contributed by atoms with Crippen molar-refractivity contribution in [3.63, 3.8) is 0 Å². The van der Waals surface area contributed by atoms with Gasteiger partial charge in [0.25, 0.3) is 0 Å². The number of aryl methyl sites for hydroxylation is 1. The van der Waals surface area contributed by atoms with Gasteiger partial charge in [-0.1, -0.05) is 19.1 Å². The molecule has 0 bridgehead atoms. The highest BCUT2D eigenvalue weighted by Gasteiger charge is 2.15. The fourth-order valence-corrected chi connectivity index (χ4v) is 2.32. The Hall–Kier alpha value is -1.26. The summed E-state index contributed by atoms with van der Waals surface area (Å²) in [7, 11) is 0. The predicted octanol–water partition coefficient (Wildman–Crippen LogP) is 4.38. The second kappa shape index (κ2) is 6.95. The van der Waals surface area contributed by atoms with Gasteiger partial charge >= 0.3 is 0 Å². The van der Waals surface area contributed by atoms with Crippen LogP contribution < -0.4 is 5.32 Å². The molecule has 0 saturated carbocycles. The molecule has 4 heteroatoms. The summed E-state index contributed by atoms with van der Waals surface area (Å²) in [5.41, 5.74) is 2.63. The van der Waals surface area contributed by atoms with E-state index in [2.05, 4.69) is 33.2 Å². The zero-order chi connectivity index (χ0) is 14.5. The smallest absolute Gasteiger partial charge is 0.126 e. The predicted molar refractivity (Wildman–Crippen MR) is 83.2 cm³/mol.